The van der Waals surface area contributed by atoms with Crippen molar-refractivity contribution in [3.63, 3.8) is 0 Å². The third-order valence-corrected chi connectivity index (χ3v) is 6.28. The van der Waals surface area contributed by atoms with E-state index < -0.39 is 23.8 Å². The SMILES string of the molecule is C1CCC(CC2CCCSC2)C1.NC(=O)C1CNC(=O)NC(=O)C1. The number of rotatable bonds is 3. The number of amides is 4. The Morgan fingerprint density at radius 1 is 1.12 bits per heavy atom. The summed E-state index contributed by atoms with van der Waals surface area (Å²) >= 11 is 2.19. The van der Waals surface area contributed by atoms with E-state index >= 15 is 0 Å². The molecule has 3 fully saturated rings. The Kier molecular flexibility index (Phi) is 7.88. The molecular weight excluding hydrogens is 326 g/mol. The van der Waals surface area contributed by atoms with E-state index in [2.05, 4.69) is 17.1 Å². The van der Waals surface area contributed by atoms with Crippen molar-refractivity contribution >= 4 is 29.6 Å². The zero-order valence-electron chi connectivity index (χ0n) is 14.2. The molecule has 24 heavy (non-hydrogen) atoms. The van der Waals surface area contributed by atoms with Crippen molar-refractivity contribution < 1.29 is 14.4 Å². The van der Waals surface area contributed by atoms with Crippen LogP contribution in [0.4, 0.5) is 4.79 Å². The van der Waals surface area contributed by atoms with E-state index in [1.165, 1.54) is 37.2 Å². The van der Waals surface area contributed by atoms with Gasteiger partial charge in [-0.1, -0.05) is 25.7 Å². The molecule has 4 amide bonds. The zero-order chi connectivity index (χ0) is 17.4. The fraction of sp³-hybridized carbons (Fsp3) is 0.824. The maximum atomic E-state index is 10.8. The Hall–Kier alpha value is -1.24. The molecule has 4 N–H and O–H groups in total. The first kappa shape index (κ1) is 19.1. The fourth-order valence-electron chi connectivity index (χ4n) is 3.65. The number of urea groups is 1. The first-order chi connectivity index (χ1) is 11.5. The van der Waals surface area contributed by atoms with Crippen LogP contribution in [0.3, 0.4) is 0 Å². The zero-order valence-corrected chi connectivity index (χ0v) is 15.0. The normalized spacial score (nSPS) is 28.2. The Morgan fingerprint density at radius 3 is 2.46 bits per heavy atom. The minimum atomic E-state index is -0.601. The monoisotopic (exact) mass is 355 g/mol. The molecule has 7 heteroatoms. The minimum absolute atomic E-state index is 0.0337. The molecule has 1 saturated carbocycles. The van der Waals surface area contributed by atoms with Crippen LogP contribution in [0, 0.1) is 17.8 Å². The van der Waals surface area contributed by atoms with Crippen LogP contribution in [0.2, 0.25) is 0 Å². The fourth-order valence-corrected chi connectivity index (χ4v) is 4.82. The van der Waals surface area contributed by atoms with E-state index in [1.807, 2.05) is 5.32 Å². The number of nitrogens with two attached hydrogens (primary N) is 1. The van der Waals surface area contributed by atoms with Gasteiger partial charge in [-0.3, -0.25) is 14.9 Å². The molecular formula is C17H29N3O3S. The summed E-state index contributed by atoms with van der Waals surface area (Å²) in [6.45, 7) is 0.118. The molecule has 2 atom stereocenters. The summed E-state index contributed by atoms with van der Waals surface area (Å²) in [5, 5.41) is 4.36. The Balaban J connectivity index is 0.000000174. The van der Waals surface area contributed by atoms with Crippen molar-refractivity contribution in [3.8, 4) is 0 Å². The van der Waals surface area contributed by atoms with Gasteiger partial charge in [-0.25, -0.2) is 4.79 Å². The summed E-state index contributed by atoms with van der Waals surface area (Å²) in [6, 6.07) is -0.580. The van der Waals surface area contributed by atoms with E-state index in [0.29, 0.717) is 0 Å². The number of hydrogen-bond donors (Lipinski definition) is 3. The summed E-state index contributed by atoms with van der Waals surface area (Å²) in [5.74, 6) is 3.45. The van der Waals surface area contributed by atoms with Gasteiger partial charge in [-0.2, -0.15) is 11.8 Å². The van der Waals surface area contributed by atoms with Crippen molar-refractivity contribution in [2.45, 2.75) is 51.4 Å². The average Bonchev–Trinajstić information content (AvgIpc) is 2.99. The summed E-state index contributed by atoms with van der Waals surface area (Å²) in [5.41, 5.74) is 4.97. The third-order valence-electron chi connectivity index (χ3n) is 4.99. The number of carbonyl (C=O) groups excluding carboxylic acids is 3. The number of nitrogens with one attached hydrogen (secondary N) is 2. The van der Waals surface area contributed by atoms with Crippen LogP contribution in [0.25, 0.3) is 0 Å². The molecule has 3 aliphatic rings. The number of carbonyl (C=O) groups is 3. The number of hydrogen-bond acceptors (Lipinski definition) is 4. The lowest BCUT2D eigenvalue weighted by Gasteiger charge is -2.23. The maximum Gasteiger partial charge on any atom is 0.321 e. The molecule has 2 unspecified atom stereocenters. The van der Waals surface area contributed by atoms with Crippen LogP contribution in [0.1, 0.15) is 51.4 Å². The highest BCUT2D eigenvalue weighted by molar-refractivity contribution is 7.99. The van der Waals surface area contributed by atoms with E-state index in [9.17, 15) is 14.4 Å². The van der Waals surface area contributed by atoms with Gasteiger partial charge in [0.05, 0.1) is 5.92 Å². The maximum absolute atomic E-state index is 10.8. The molecule has 0 aromatic carbocycles. The molecule has 2 aliphatic heterocycles. The Bertz CT molecular complexity index is 446. The van der Waals surface area contributed by atoms with E-state index in [1.54, 1.807) is 19.3 Å². The molecule has 0 aromatic heterocycles. The van der Waals surface area contributed by atoms with E-state index in [0.717, 1.165) is 11.8 Å². The number of thioether (sulfide) groups is 1. The Labute approximate surface area is 148 Å². The molecule has 0 radical (unpaired) electrons. The van der Waals surface area contributed by atoms with E-state index in [4.69, 9.17) is 5.73 Å². The molecule has 6 nitrogen and oxygen atoms in total. The quantitative estimate of drug-likeness (QED) is 0.721. The predicted molar refractivity (Wildman–Crippen MR) is 95.5 cm³/mol. The summed E-state index contributed by atoms with van der Waals surface area (Å²) in [7, 11) is 0. The van der Waals surface area contributed by atoms with Crippen molar-refractivity contribution in [1.82, 2.24) is 10.6 Å². The lowest BCUT2D eigenvalue weighted by molar-refractivity contribution is -0.127. The molecule has 1 aliphatic carbocycles. The molecule has 0 aromatic rings. The third kappa shape index (κ3) is 6.71. The van der Waals surface area contributed by atoms with E-state index in [-0.39, 0.29) is 13.0 Å². The highest BCUT2D eigenvalue weighted by atomic mass is 32.2. The lowest BCUT2D eigenvalue weighted by atomic mass is 9.91. The van der Waals surface area contributed by atoms with Crippen molar-refractivity contribution in [2.24, 2.45) is 23.5 Å². The average molecular weight is 356 g/mol. The van der Waals surface area contributed by atoms with Crippen LogP contribution >= 0.6 is 11.8 Å². The predicted octanol–water partition coefficient (Wildman–Crippen LogP) is 2.03. The van der Waals surface area contributed by atoms with Crippen molar-refractivity contribution in [2.75, 3.05) is 18.1 Å². The van der Waals surface area contributed by atoms with Gasteiger partial charge in [0.1, 0.15) is 0 Å². The van der Waals surface area contributed by atoms with Gasteiger partial charge in [0.2, 0.25) is 11.8 Å². The highest BCUT2D eigenvalue weighted by Crippen LogP contribution is 2.34. The molecule has 2 saturated heterocycles. The molecule has 0 bridgehead atoms. The van der Waals surface area contributed by atoms with Gasteiger partial charge in [0.25, 0.3) is 0 Å². The first-order valence-electron chi connectivity index (χ1n) is 8.99. The standard InChI is InChI=1S/C11H20S.C6H9N3O3/c1-2-5-10(4-1)8-11-6-3-7-12-9-11;7-5(11)3-1-4(10)9-6(12)8-2-3/h10-11H,1-9H2;3H,1-2H2,(H2,7,11)(H2,8,9,10,12). The summed E-state index contributed by atoms with van der Waals surface area (Å²) < 4.78 is 0. The van der Waals surface area contributed by atoms with Gasteiger partial charge in [-0.15, -0.1) is 0 Å². The van der Waals surface area contributed by atoms with Crippen LogP contribution in [0.5, 0.6) is 0 Å². The molecule has 136 valence electrons. The molecule has 2 heterocycles. The number of primary amides is 1. The second-order valence-electron chi connectivity index (χ2n) is 7.03. The van der Waals surface area contributed by atoms with Crippen molar-refractivity contribution in [3.05, 3.63) is 0 Å². The lowest BCUT2D eigenvalue weighted by Crippen LogP contribution is -2.36. The number of imide groups is 1. The van der Waals surface area contributed by atoms with Gasteiger partial charge in [-0.05, 0) is 42.6 Å². The van der Waals surface area contributed by atoms with Crippen molar-refractivity contribution in [1.29, 1.82) is 0 Å². The highest BCUT2D eigenvalue weighted by Gasteiger charge is 2.24. The topological polar surface area (TPSA) is 101 Å². The largest absolute Gasteiger partial charge is 0.369 e. The van der Waals surface area contributed by atoms with Crippen LogP contribution in [-0.4, -0.2) is 35.9 Å². The summed E-state index contributed by atoms with van der Waals surface area (Å²) in [4.78, 5) is 32.1. The van der Waals surface area contributed by atoms with Crippen LogP contribution in [0.15, 0.2) is 0 Å². The van der Waals surface area contributed by atoms with Gasteiger partial charge < -0.3 is 11.1 Å². The van der Waals surface area contributed by atoms with Gasteiger partial charge >= 0.3 is 6.03 Å². The summed E-state index contributed by atoms with van der Waals surface area (Å²) in [6.07, 6.45) is 10.7. The Morgan fingerprint density at radius 2 is 1.83 bits per heavy atom. The molecule has 0 spiro atoms. The first-order valence-corrected chi connectivity index (χ1v) is 10.1. The smallest absolute Gasteiger partial charge is 0.321 e. The second-order valence-corrected chi connectivity index (χ2v) is 8.18. The van der Waals surface area contributed by atoms with Crippen LogP contribution in [-0.2, 0) is 9.59 Å². The molecule has 3 rings (SSSR count). The second kappa shape index (κ2) is 9.91. The minimum Gasteiger partial charge on any atom is -0.369 e. The van der Waals surface area contributed by atoms with Crippen LogP contribution < -0.4 is 16.4 Å². The van der Waals surface area contributed by atoms with Gasteiger partial charge in [0, 0.05) is 13.0 Å². The van der Waals surface area contributed by atoms with Gasteiger partial charge in [0.15, 0.2) is 0 Å².